The van der Waals surface area contributed by atoms with Gasteiger partial charge in [-0.25, -0.2) is 0 Å². The Morgan fingerprint density at radius 1 is 1.75 bits per heavy atom. The van der Waals surface area contributed by atoms with E-state index in [2.05, 4.69) is 5.10 Å². The molecule has 5 heteroatoms. The van der Waals surface area contributed by atoms with Crippen LogP contribution in [0.2, 0.25) is 0 Å². The van der Waals surface area contributed by atoms with Crippen LogP contribution in [-0.4, -0.2) is 15.0 Å². The molecular weight excluding hydrogens is 199 g/mol. The summed E-state index contributed by atoms with van der Waals surface area (Å²) in [6.07, 6.45) is 0.249. The van der Waals surface area contributed by atoms with Crippen LogP contribution in [0.15, 0.2) is 6.07 Å². The SMILES string of the molecule is Cc1cc(CC(=O)Cl)n(C)n1.Cl. The molecule has 0 saturated carbocycles. The fraction of sp³-hybridized carbons (Fsp3) is 0.429. The van der Waals surface area contributed by atoms with Crippen molar-refractivity contribution in [1.29, 1.82) is 0 Å². The van der Waals surface area contributed by atoms with Gasteiger partial charge in [-0.2, -0.15) is 5.10 Å². The Kier molecular flexibility index (Phi) is 4.28. The van der Waals surface area contributed by atoms with Gasteiger partial charge in [0.15, 0.2) is 0 Å². The number of rotatable bonds is 2. The lowest BCUT2D eigenvalue weighted by Crippen LogP contribution is -2.01. The van der Waals surface area contributed by atoms with E-state index in [4.69, 9.17) is 11.6 Å². The van der Waals surface area contributed by atoms with E-state index >= 15 is 0 Å². The molecule has 0 unspecified atom stereocenters. The van der Waals surface area contributed by atoms with Gasteiger partial charge in [0, 0.05) is 12.7 Å². The number of carbonyl (C=O) groups is 1. The van der Waals surface area contributed by atoms with E-state index in [1.54, 1.807) is 11.7 Å². The van der Waals surface area contributed by atoms with Crippen molar-refractivity contribution in [3.05, 3.63) is 17.5 Å². The van der Waals surface area contributed by atoms with Crippen LogP contribution in [0, 0.1) is 6.92 Å². The van der Waals surface area contributed by atoms with Crippen molar-refractivity contribution in [2.75, 3.05) is 0 Å². The zero-order valence-corrected chi connectivity index (χ0v) is 8.45. The van der Waals surface area contributed by atoms with Gasteiger partial charge in [-0.1, -0.05) is 0 Å². The maximum absolute atomic E-state index is 10.5. The Hall–Kier alpha value is -0.540. The predicted octanol–water partition coefficient (Wildman–Crippen LogP) is 1.46. The molecule has 1 heterocycles. The van der Waals surface area contributed by atoms with Crippen LogP contribution in [0.4, 0.5) is 0 Å². The first-order valence-electron chi connectivity index (χ1n) is 3.27. The topological polar surface area (TPSA) is 34.9 Å². The highest BCUT2D eigenvalue weighted by atomic mass is 35.5. The summed E-state index contributed by atoms with van der Waals surface area (Å²) in [5.74, 6) is 0. The van der Waals surface area contributed by atoms with Crippen molar-refractivity contribution >= 4 is 29.3 Å². The minimum atomic E-state index is -0.354. The molecule has 0 aliphatic heterocycles. The third kappa shape index (κ3) is 2.83. The summed E-state index contributed by atoms with van der Waals surface area (Å²) in [6.45, 7) is 1.88. The predicted molar refractivity (Wildman–Crippen MR) is 49.8 cm³/mol. The number of halogens is 2. The molecule has 1 rings (SSSR count). The highest BCUT2D eigenvalue weighted by molar-refractivity contribution is 6.63. The summed E-state index contributed by atoms with van der Waals surface area (Å²) < 4.78 is 1.66. The molecule has 0 radical (unpaired) electrons. The van der Waals surface area contributed by atoms with Crippen LogP contribution in [0.1, 0.15) is 11.4 Å². The molecular formula is C7H10Cl2N2O. The molecule has 0 aliphatic carbocycles. The Morgan fingerprint density at radius 3 is 2.67 bits per heavy atom. The summed E-state index contributed by atoms with van der Waals surface area (Å²) in [5, 5.41) is 3.72. The van der Waals surface area contributed by atoms with Crippen molar-refractivity contribution in [3.8, 4) is 0 Å². The Labute approximate surface area is 82.1 Å². The molecule has 0 aliphatic rings. The molecule has 12 heavy (non-hydrogen) atoms. The Balaban J connectivity index is 0.00000121. The van der Waals surface area contributed by atoms with Crippen molar-refractivity contribution in [1.82, 2.24) is 9.78 Å². The summed E-state index contributed by atoms with van der Waals surface area (Å²) in [6, 6.07) is 1.85. The van der Waals surface area contributed by atoms with Crippen molar-refractivity contribution in [3.63, 3.8) is 0 Å². The number of carbonyl (C=O) groups excluding carboxylic acids is 1. The van der Waals surface area contributed by atoms with Crippen molar-refractivity contribution in [2.24, 2.45) is 7.05 Å². The Morgan fingerprint density at radius 2 is 2.33 bits per heavy atom. The molecule has 0 saturated heterocycles. The lowest BCUT2D eigenvalue weighted by atomic mass is 10.3. The van der Waals surface area contributed by atoms with E-state index in [0.717, 1.165) is 11.4 Å². The quantitative estimate of drug-likeness (QED) is 0.691. The molecule has 0 aromatic carbocycles. The molecule has 3 nitrogen and oxygen atoms in total. The van der Waals surface area contributed by atoms with E-state index < -0.39 is 0 Å². The summed E-state index contributed by atoms with van der Waals surface area (Å²) >= 11 is 5.21. The zero-order chi connectivity index (χ0) is 8.43. The second kappa shape index (κ2) is 4.48. The molecule has 0 amide bonds. The second-order valence-electron chi connectivity index (χ2n) is 2.43. The number of aromatic nitrogens is 2. The van der Waals surface area contributed by atoms with Gasteiger partial charge < -0.3 is 0 Å². The highest BCUT2D eigenvalue weighted by Crippen LogP contribution is 2.03. The van der Waals surface area contributed by atoms with Crippen LogP contribution in [0.3, 0.4) is 0 Å². The second-order valence-corrected chi connectivity index (χ2v) is 2.85. The molecule has 0 bridgehead atoms. The van der Waals surface area contributed by atoms with Gasteiger partial charge >= 0.3 is 0 Å². The number of nitrogens with zero attached hydrogens (tertiary/aromatic N) is 2. The van der Waals surface area contributed by atoms with E-state index in [0.29, 0.717) is 0 Å². The Bertz CT molecular complexity index is 283. The van der Waals surface area contributed by atoms with Gasteiger partial charge in [0.2, 0.25) is 5.24 Å². The average molecular weight is 209 g/mol. The molecule has 68 valence electrons. The lowest BCUT2D eigenvalue weighted by molar-refractivity contribution is -0.111. The maximum atomic E-state index is 10.5. The summed E-state index contributed by atoms with van der Waals surface area (Å²) in [7, 11) is 1.79. The van der Waals surface area contributed by atoms with Crippen molar-refractivity contribution in [2.45, 2.75) is 13.3 Å². The van der Waals surface area contributed by atoms with Gasteiger partial charge in [-0.05, 0) is 24.6 Å². The fourth-order valence-electron chi connectivity index (χ4n) is 0.972. The van der Waals surface area contributed by atoms with Crippen molar-refractivity contribution < 1.29 is 4.79 Å². The molecule has 0 spiro atoms. The summed E-state index contributed by atoms with van der Waals surface area (Å²) in [5.41, 5.74) is 1.75. The normalized spacial score (nSPS) is 9.25. The van der Waals surface area contributed by atoms with Crippen LogP contribution < -0.4 is 0 Å². The molecule has 1 aromatic heterocycles. The van der Waals surface area contributed by atoms with E-state index in [9.17, 15) is 4.79 Å². The van der Waals surface area contributed by atoms with Crippen LogP contribution in [0.5, 0.6) is 0 Å². The fourth-order valence-corrected chi connectivity index (χ4v) is 1.11. The summed E-state index contributed by atoms with van der Waals surface area (Å²) in [4.78, 5) is 10.5. The monoisotopic (exact) mass is 208 g/mol. The third-order valence-electron chi connectivity index (χ3n) is 1.42. The van der Waals surface area contributed by atoms with Gasteiger partial charge in [0.05, 0.1) is 12.1 Å². The first-order valence-corrected chi connectivity index (χ1v) is 3.65. The van der Waals surface area contributed by atoms with Crippen LogP contribution in [-0.2, 0) is 18.3 Å². The molecule has 0 N–H and O–H groups in total. The van der Waals surface area contributed by atoms with Gasteiger partial charge in [0.25, 0.3) is 0 Å². The van der Waals surface area contributed by atoms with Gasteiger partial charge in [-0.3, -0.25) is 9.48 Å². The molecule has 0 atom stereocenters. The van der Waals surface area contributed by atoms with E-state index in [-0.39, 0.29) is 24.1 Å². The minimum absolute atomic E-state index is 0. The lowest BCUT2D eigenvalue weighted by Gasteiger charge is -1.94. The first kappa shape index (κ1) is 11.5. The van der Waals surface area contributed by atoms with Gasteiger partial charge in [0.1, 0.15) is 0 Å². The van der Waals surface area contributed by atoms with Crippen LogP contribution in [0.25, 0.3) is 0 Å². The number of hydrogen-bond acceptors (Lipinski definition) is 2. The maximum Gasteiger partial charge on any atom is 0.227 e. The van der Waals surface area contributed by atoms with Gasteiger partial charge in [-0.15, -0.1) is 12.4 Å². The zero-order valence-electron chi connectivity index (χ0n) is 6.87. The molecule has 0 fully saturated rings. The van der Waals surface area contributed by atoms with E-state index in [1.807, 2.05) is 13.0 Å². The third-order valence-corrected chi connectivity index (χ3v) is 1.55. The minimum Gasteiger partial charge on any atom is -0.281 e. The number of hydrogen-bond donors (Lipinski definition) is 0. The highest BCUT2D eigenvalue weighted by Gasteiger charge is 2.04. The van der Waals surface area contributed by atoms with Crippen LogP contribution >= 0.6 is 24.0 Å². The largest absolute Gasteiger partial charge is 0.281 e. The number of aryl methyl sites for hydroxylation is 2. The smallest absolute Gasteiger partial charge is 0.227 e. The van der Waals surface area contributed by atoms with E-state index in [1.165, 1.54) is 0 Å². The average Bonchev–Trinajstić information content (AvgIpc) is 2.09. The first-order chi connectivity index (χ1) is 5.09. The molecule has 1 aromatic rings. The standard InChI is InChI=1S/C7H9ClN2O.ClH/c1-5-3-6(4-7(8)11)10(2)9-5;/h3H,4H2,1-2H3;1H.